The maximum absolute atomic E-state index is 6.21. The normalized spacial score (nSPS) is 15.8. The zero-order valence-corrected chi connectivity index (χ0v) is 16.3. The monoisotopic (exact) mass is 388 g/mol. The number of thiocarbonyl (C=S) groups is 1. The van der Waals surface area contributed by atoms with Crippen LogP contribution in [-0.2, 0) is 13.0 Å². The number of ether oxygens (including phenoxy) is 2. The van der Waals surface area contributed by atoms with E-state index in [1.165, 1.54) is 11.1 Å². The van der Waals surface area contributed by atoms with E-state index in [1.54, 1.807) is 0 Å². The molecule has 26 heavy (non-hydrogen) atoms. The van der Waals surface area contributed by atoms with E-state index in [1.807, 2.05) is 25.1 Å². The van der Waals surface area contributed by atoms with Crippen LogP contribution in [0.3, 0.4) is 0 Å². The molecule has 0 radical (unpaired) electrons. The zero-order chi connectivity index (χ0) is 18.1. The fourth-order valence-electron chi connectivity index (χ4n) is 3.32. The lowest BCUT2D eigenvalue weighted by Gasteiger charge is -2.32. The molecule has 0 unspecified atom stereocenters. The van der Waals surface area contributed by atoms with Gasteiger partial charge in [-0.25, -0.2) is 0 Å². The van der Waals surface area contributed by atoms with Gasteiger partial charge in [0, 0.05) is 30.2 Å². The maximum Gasteiger partial charge on any atom is 0.173 e. The molecule has 2 aliphatic rings. The second-order valence-corrected chi connectivity index (χ2v) is 7.43. The largest absolute Gasteiger partial charge is 0.490 e. The van der Waals surface area contributed by atoms with Crippen LogP contribution in [0.25, 0.3) is 0 Å². The molecule has 0 saturated carbocycles. The molecule has 4 nitrogen and oxygen atoms in total. The zero-order valence-electron chi connectivity index (χ0n) is 14.7. The highest BCUT2D eigenvalue weighted by molar-refractivity contribution is 7.80. The van der Waals surface area contributed by atoms with Crippen LogP contribution >= 0.6 is 23.8 Å². The minimum atomic E-state index is 0.698. The van der Waals surface area contributed by atoms with Gasteiger partial charge in [-0.1, -0.05) is 17.7 Å². The van der Waals surface area contributed by atoms with Gasteiger partial charge in [0.1, 0.15) is 0 Å². The molecule has 0 amide bonds. The van der Waals surface area contributed by atoms with Crippen molar-refractivity contribution >= 4 is 34.6 Å². The number of halogens is 1. The smallest absolute Gasteiger partial charge is 0.173 e. The number of rotatable bonds is 1. The number of anilines is 1. The molecule has 0 bridgehead atoms. The van der Waals surface area contributed by atoms with Crippen molar-refractivity contribution in [1.82, 2.24) is 4.90 Å². The van der Waals surface area contributed by atoms with Gasteiger partial charge in [0.25, 0.3) is 0 Å². The molecule has 0 aromatic heterocycles. The lowest BCUT2D eigenvalue weighted by molar-refractivity contribution is 0.297. The summed E-state index contributed by atoms with van der Waals surface area (Å²) in [6.45, 7) is 5.04. The van der Waals surface area contributed by atoms with Crippen LogP contribution < -0.4 is 14.8 Å². The molecular formula is C20H21ClN2O2S. The summed E-state index contributed by atoms with van der Waals surface area (Å²) in [6.07, 6.45) is 1.85. The summed E-state index contributed by atoms with van der Waals surface area (Å²) < 4.78 is 11.6. The Bertz CT molecular complexity index is 856. The predicted molar refractivity (Wildman–Crippen MR) is 109 cm³/mol. The van der Waals surface area contributed by atoms with E-state index >= 15 is 0 Å². The van der Waals surface area contributed by atoms with Crippen molar-refractivity contribution in [1.29, 1.82) is 0 Å². The van der Waals surface area contributed by atoms with E-state index in [-0.39, 0.29) is 0 Å². The van der Waals surface area contributed by atoms with Crippen molar-refractivity contribution in [2.24, 2.45) is 0 Å². The lowest BCUT2D eigenvalue weighted by atomic mass is 9.99. The Morgan fingerprint density at radius 3 is 2.65 bits per heavy atom. The Hall–Kier alpha value is -1.98. The van der Waals surface area contributed by atoms with Crippen LogP contribution in [0.5, 0.6) is 11.5 Å². The lowest BCUT2D eigenvalue weighted by Crippen LogP contribution is -2.38. The van der Waals surface area contributed by atoms with Crippen LogP contribution in [0.15, 0.2) is 30.3 Å². The molecule has 136 valence electrons. The Morgan fingerprint density at radius 2 is 1.88 bits per heavy atom. The fourth-order valence-corrected chi connectivity index (χ4v) is 3.76. The first-order chi connectivity index (χ1) is 12.6. The third-order valence-electron chi connectivity index (χ3n) is 4.88. The van der Waals surface area contributed by atoms with E-state index in [0.717, 1.165) is 53.7 Å². The van der Waals surface area contributed by atoms with Gasteiger partial charge in [-0.3, -0.25) is 0 Å². The molecule has 2 aromatic rings. The Balaban J connectivity index is 1.51. The van der Waals surface area contributed by atoms with Crippen molar-refractivity contribution in [3.05, 3.63) is 52.0 Å². The highest BCUT2D eigenvalue weighted by Gasteiger charge is 2.22. The molecule has 6 heteroatoms. The van der Waals surface area contributed by atoms with Crippen molar-refractivity contribution in [3.63, 3.8) is 0 Å². The standard InChI is InChI=1S/C20H21ClN2O2S/c1-13-16(21)4-2-5-17(13)22-20(26)23-7-6-14-10-18-19(11-15(14)12-23)25-9-3-8-24-18/h2,4-5,10-11H,3,6-9,12H2,1H3,(H,22,26). The van der Waals surface area contributed by atoms with Gasteiger partial charge < -0.3 is 19.7 Å². The number of nitrogens with one attached hydrogen (secondary N) is 1. The third kappa shape index (κ3) is 3.46. The first-order valence-electron chi connectivity index (χ1n) is 8.84. The molecular weight excluding hydrogens is 368 g/mol. The van der Waals surface area contributed by atoms with Crippen LogP contribution in [0.4, 0.5) is 5.69 Å². The summed E-state index contributed by atoms with van der Waals surface area (Å²) in [6, 6.07) is 10.0. The summed E-state index contributed by atoms with van der Waals surface area (Å²) in [5.41, 5.74) is 4.51. The van der Waals surface area contributed by atoms with E-state index in [4.69, 9.17) is 33.3 Å². The molecule has 2 aromatic carbocycles. The topological polar surface area (TPSA) is 33.7 Å². The van der Waals surface area contributed by atoms with E-state index in [9.17, 15) is 0 Å². The Labute approximate surface area is 164 Å². The summed E-state index contributed by atoms with van der Waals surface area (Å²) in [5.74, 6) is 1.71. The van der Waals surface area contributed by atoms with Gasteiger partial charge in [0.2, 0.25) is 0 Å². The van der Waals surface area contributed by atoms with Crippen molar-refractivity contribution in [2.45, 2.75) is 26.3 Å². The van der Waals surface area contributed by atoms with Crippen LogP contribution in [-0.4, -0.2) is 29.8 Å². The second kappa shape index (κ2) is 7.33. The number of nitrogens with zero attached hydrogens (tertiary/aromatic N) is 1. The second-order valence-electron chi connectivity index (χ2n) is 6.63. The third-order valence-corrected chi connectivity index (χ3v) is 5.65. The Morgan fingerprint density at radius 1 is 1.15 bits per heavy atom. The van der Waals surface area contributed by atoms with Gasteiger partial charge in [-0.05, 0) is 66.5 Å². The minimum Gasteiger partial charge on any atom is -0.490 e. The molecule has 2 heterocycles. The predicted octanol–water partition coefficient (Wildman–Crippen LogP) is 4.56. The molecule has 0 spiro atoms. The van der Waals surface area contributed by atoms with Gasteiger partial charge in [0.05, 0.1) is 13.2 Å². The minimum absolute atomic E-state index is 0.698. The van der Waals surface area contributed by atoms with Gasteiger partial charge in [0.15, 0.2) is 16.6 Å². The number of fused-ring (bicyclic) bond motifs is 2. The molecule has 1 N–H and O–H groups in total. The maximum atomic E-state index is 6.21. The van der Waals surface area contributed by atoms with Gasteiger partial charge in [-0.2, -0.15) is 0 Å². The number of benzene rings is 2. The first-order valence-corrected chi connectivity index (χ1v) is 9.63. The average molecular weight is 389 g/mol. The molecule has 0 atom stereocenters. The number of hydrogen-bond acceptors (Lipinski definition) is 3. The molecule has 0 aliphatic carbocycles. The van der Waals surface area contributed by atoms with Crippen molar-refractivity contribution in [3.8, 4) is 11.5 Å². The summed E-state index contributed by atoms with van der Waals surface area (Å²) in [7, 11) is 0. The van der Waals surface area contributed by atoms with Crippen LogP contribution in [0.1, 0.15) is 23.1 Å². The van der Waals surface area contributed by atoms with E-state index in [2.05, 4.69) is 22.3 Å². The van der Waals surface area contributed by atoms with Gasteiger partial charge >= 0.3 is 0 Å². The van der Waals surface area contributed by atoms with Crippen molar-refractivity contribution < 1.29 is 9.47 Å². The highest BCUT2D eigenvalue weighted by Crippen LogP contribution is 2.35. The summed E-state index contributed by atoms with van der Waals surface area (Å²) in [4.78, 5) is 2.18. The SMILES string of the molecule is Cc1c(Cl)cccc1NC(=S)N1CCc2cc3c(cc2C1)OCCCO3. The van der Waals surface area contributed by atoms with E-state index < -0.39 is 0 Å². The van der Waals surface area contributed by atoms with Gasteiger partial charge in [-0.15, -0.1) is 0 Å². The van der Waals surface area contributed by atoms with Crippen molar-refractivity contribution in [2.75, 3.05) is 25.1 Å². The molecule has 2 aliphatic heterocycles. The first kappa shape index (κ1) is 17.4. The fraction of sp³-hybridized carbons (Fsp3) is 0.350. The van der Waals surface area contributed by atoms with Crippen LogP contribution in [0, 0.1) is 6.92 Å². The van der Waals surface area contributed by atoms with Crippen LogP contribution in [0.2, 0.25) is 5.02 Å². The molecule has 0 saturated heterocycles. The highest BCUT2D eigenvalue weighted by atomic mass is 35.5. The molecule has 0 fully saturated rings. The molecule has 4 rings (SSSR count). The average Bonchev–Trinajstić information content (AvgIpc) is 2.88. The van der Waals surface area contributed by atoms with E-state index in [0.29, 0.717) is 18.3 Å². The summed E-state index contributed by atoms with van der Waals surface area (Å²) >= 11 is 11.9. The Kier molecular flexibility index (Phi) is 4.92. The number of hydrogen-bond donors (Lipinski definition) is 1. The summed E-state index contributed by atoms with van der Waals surface area (Å²) in [5, 5.41) is 4.79. The quantitative estimate of drug-likeness (QED) is 0.724.